The third kappa shape index (κ3) is 4.30. The van der Waals surface area contributed by atoms with Gasteiger partial charge in [0.25, 0.3) is 5.91 Å². The van der Waals surface area contributed by atoms with E-state index in [0.29, 0.717) is 17.3 Å². The summed E-state index contributed by atoms with van der Waals surface area (Å²) in [7, 11) is 1.74. The Morgan fingerprint density at radius 1 is 1.04 bits per heavy atom. The normalized spacial score (nSPS) is 11.5. The standard InChI is InChI=1S/C23H27N3O2/c1-15-7-8-18(13-16(15)2)22(27)26(6)14-20-24-21(25-28-20)17-9-11-19(12-10-17)23(3,4)5/h7-13H,14H2,1-6H3. The first kappa shape index (κ1) is 19.8. The van der Waals surface area contributed by atoms with Crippen LogP contribution in [0.5, 0.6) is 0 Å². The smallest absolute Gasteiger partial charge is 0.254 e. The molecule has 0 unspecified atom stereocenters. The van der Waals surface area contributed by atoms with Gasteiger partial charge in [-0.15, -0.1) is 0 Å². The van der Waals surface area contributed by atoms with Crippen LogP contribution in [0.3, 0.4) is 0 Å². The molecule has 0 spiro atoms. The first-order valence-corrected chi connectivity index (χ1v) is 9.41. The maximum Gasteiger partial charge on any atom is 0.254 e. The average Bonchev–Trinajstić information content (AvgIpc) is 3.11. The summed E-state index contributed by atoms with van der Waals surface area (Å²) in [6, 6.07) is 13.9. The lowest BCUT2D eigenvalue weighted by atomic mass is 9.87. The zero-order valence-electron chi connectivity index (χ0n) is 17.4. The lowest BCUT2D eigenvalue weighted by Gasteiger charge is -2.18. The van der Waals surface area contributed by atoms with Crippen LogP contribution in [-0.4, -0.2) is 28.0 Å². The molecule has 5 nitrogen and oxygen atoms in total. The highest BCUT2D eigenvalue weighted by Crippen LogP contribution is 2.25. The van der Waals surface area contributed by atoms with E-state index in [1.54, 1.807) is 11.9 Å². The summed E-state index contributed by atoms with van der Waals surface area (Å²) in [5.74, 6) is 0.870. The molecule has 0 aliphatic heterocycles. The van der Waals surface area contributed by atoms with Crippen molar-refractivity contribution >= 4 is 5.91 Å². The summed E-state index contributed by atoms with van der Waals surface area (Å²) in [4.78, 5) is 18.7. The van der Waals surface area contributed by atoms with Crippen LogP contribution in [0.4, 0.5) is 0 Å². The first-order valence-electron chi connectivity index (χ1n) is 9.41. The number of rotatable bonds is 4. The van der Waals surface area contributed by atoms with E-state index in [1.807, 2.05) is 44.2 Å². The van der Waals surface area contributed by atoms with Crippen LogP contribution in [-0.2, 0) is 12.0 Å². The third-order valence-corrected chi connectivity index (χ3v) is 4.95. The highest BCUT2D eigenvalue weighted by molar-refractivity contribution is 5.94. The molecular formula is C23H27N3O2. The summed E-state index contributed by atoms with van der Waals surface area (Å²) < 4.78 is 5.36. The van der Waals surface area contributed by atoms with Gasteiger partial charge >= 0.3 is 0 Å². The molecule has 2 aromatic carbocycles. The molecule has 0 saturated carbocycles. The van der Waals surface area contributed by atoms with E-state index in [1.165, 1.54) is 11.1 Å². The summed E-state index contributed by atoms with van der Waals surface area (Å²) >= 11 is 0. The molecule has 0 saturated heterocycles. The minimum atomic E-state index is -0.0719. The molecule has 0 aliphatic rings. The van der Waals surface area contributed by atoms with Crippen LogP contribution in [0.2, 0.25) is 0 Å². The fourth-order valence-corrected chi connectivity index (χ4v) is 2.93. The molecule has 0 aliphatic carbocycles. The number of aromatic nitrogens is 2. The van der Waals surface area contributed by atoms with E-state index in [-0.39, 0.29) is 17.9 Å². The van der Waals surface area contributed by atoms with Gasteiger partial charge in [-0.2, -0.15) is 4.98 Å². The largest absolute Gasteiger partial charge is 0.337 e. The van der Waals surface area contributed by atoms with E-state index >= 15 is 0 Å². The molecule has 3 aromatic rings. The fraction of sp³-hybridized carbons (Fsp3) is 0.348. The van der Waals surface area contributed by atoms with Crippen molar-refractivity contribution in [1.82, 2.24) is 15.0 Å². The minimum Gasteiger partial charge on any atom is -0.337 e. The number of benzene rings is 2. The second-order valence-corrected chi connectivity index (χ2v) is 8.30. The molecule has 3 rings (SSSR count). The second kappa shape index (κ2) is 7.58. The summed E-state index contributed by atoms with van der Waals surface area (Å²) in [6.07, 6.45) is 0. The molecule has 1 aromatic heterocycles. The Hall–Kier alpha value is -2.95. The Balaban J connectivity index is 1.71. The topological polar surface area (TPSA) is 59.2 Å². The monoisotopic (exact) mass is 377 g/mol. The Morgan fingerprint density at radius 2 is 1.71 bits per heavy atom. The molecule has 0 atom stereocenters. The predicted octanol–water partition coefficient (Wildman–Crippen LogP) is 4.92. The lowest BCUT2D eigenvalue weighted by molar-refractivity contribution is 0.0769. The molecule has 146 valence electrons. The third-order valence-electron chi connectivity index (χ3n) is 4.95. The van der Waals surface area contributed by atoms with Crippen LogP contribution in [0.1, 0.15) is 53.7 Å². The highest BCUT2D eigenvalue weighted by atomic mass is 16.5. The van der Waals surface area contributed by atoms with Crippen molar-refractivity contribution in [1.29, 1.82) is 0 Å². The zero-order valence-corrected chi connectivity index (χ0v) is 17.4. The van der Waals surface area contributed by atoms with E-state index in [9.17, 15) is 4.79 Å². The van der Waals surface area contributed by atoms with Crippen molar-refractivity contribution in [2.45, 2.75) is 46.6 Å². The van der Waals surface area contributed by atoms with Crippen molar-refractivity contribution < 1.29 is 9.32 Å². The van der Waals surface area contributed by atoms with Gasteiger partial charge in [-0.25, -0.2) is 0 Å². The molecule has 1 amide bonds. The van der Waals surface area contributed by atoms with Gasteiger partial charge in [0.15, 0.2) is 0 Å². The molecule has 0 N–H and O–H groups in total. The molecular weight excluding hydrogens is 350 g/mol. The maximum atomic E-state index is 12.7. The predicted molar refractivity (Wildman–Crippen MR) is 110 cm³/mol. The quantitative estimate of drug-likeness (QED) is 0.647. The van der Waals surface area contributed by atoms with E-state index < -0.39 is 0 Å². The Labute approximate surface area is 166 Å². The van der Waals surface area contributed by atoms with Gasteiger partial charge < -0.3 is 9.42 Å². The van der Waals surface area contributed by atoms with Gasteiger partial charge in [-0.1, -0.05) is 56.3 Å². The molecule has 28 heavy (non-hydrogen) atoms. The minimum absolute atomic E-state index is 0.0719. The van der Waals surface area contributed by atoms with Crippen LogP contribution in [0.15, 0.2) is 47.0 Å². The second-order valence-electron chi connectivity index (χ2n) is 8.30. The van der Waals surface area contributed by atoms with Gasteiger partial charge in [-0.3, -0.25) is 4.79 Å². The van der Waals surface area contributed by atoms with Crippen LogP contribution in [0.25, 0.3) is 11.4 Å². The number of amides is 1. The number of nitrogens with zero attached hydrogens (tertiary/aromatic N) is 3. The number of carbonyl (C=O) groups excluding carboxylic acids is 1. The fourth-order valence-electron chi connectivity index (χ4n) is 2.93. The van der Waals surface area contributed by atoms with Gasteiger partial charge in [-0.05, 0) is 48.1 Å². The van der Waals surface area contributed by atoms with Crippen LogP contribution in [0, 0.1) is 13.8 Å². The summed E-state index contributed by atoms with van der Waals surface area (Å²) in [5.41, 5.74) is 5.16. The van der Waals surface area contributed by atoms with Gasteiger partial charge in [0, 0.05) is 18.2 Å². The zero-order chi connectivity index (χ0) is 20.5. The molecule has 1 heterocycles. The Bertz CT molecular complexity index is 982. The van der Waals surface area contributed by atoms with Crippen molar-refractivity contribution in [2.75, 3.05) is 7.05 Å². The molecule has 0 fully saturated rings. The maximum absolute atomic E-state index is 12.7. The lowest BCUT2D eigenvalue weighted by Crippen LogP contribution is -2.26. The SMILES string of the molecule is Cc1ccc(C(=O)N(C)Cc2nc(-c3ccc(C(C)(C)C)cc3)no2)cc1C. The number of hydrogen-bond donors (Lipinski definition) is 0. The molecule has 0 radical (unpaired) electrons. The number of hydrogen-bond acceptors (Lipinski definition) is 4. The van der Waals surface area contributed by atoms with Gasteiger partial charge in [0.05, 0.1) is 6.54 Å². The summed E-state index contributed by atoms with van der Waals surface area (Å²) in [5, 5.41) is 4.07. The van der Waals surface area contributed by atoms with E-state index in [2.05, 4.69) is 43.0 Å². The Kier molecular flexibility index (Phi) is 5.36. The van der Waals surface area contributed by atoms with Gasteiger partial charge in [0.2, 0.25) is 11.7 Å². The number of aryl methyl sites for hydroxylation is 2. The van der Waals surface area contributed by atoms with Crippen molar-refractivity contribution in [2.24, 2.45) is 0 Å². The van der Waals surface area contributed by atoms with E-state index in [0.717, 1.165) is 11.1 Å². The molecule has 0 bridgehead atoms. The van der Waals surface area contributed by atoms with Crippen molar-refractivity contribution in [3.63, 3.8) is 0 Å². The summed E-state index contributed by atoms with van der Waals surface area (Å²) in [6.45, 7) is 10.8. The van der Waals surface area contributed by atoms with Crippen LogP contribution >= 0.6 is 0 Å². The van der Waals surface area contributed by atoms with Crippen molar-refractivity contribution in [3.05, 3.63) is 70.6 Å². The van der Waals surface area contributed by atoms with Crippen molar-refractivity contribution in [3.8, 4) is 11.4 Å². The first-order chi connectivity index (χ1) is 13.1. The average molecular weight is 377 g/mol. The highest BCUT2D eigenvalue weighted by Gasteiger charge is 2.18. The Morgan fingerprint density at radius 3 is 2.32 bits per heavy atom. The van der Waals surface area contributed by atoms with Gasteiger partial charge in [0.1, 0.15) is 0 Å². The van der Waals surface area contributed by atoms with Crippen LogP contribution < -0.4 is 0 Å². The molecule has 5 heteroatoms. The number of carbonyl (C=O) groups is 1. The van der Waals surface area contributed by atoms with E-state index in [4.69, 9.17) is 4.52 Å².